The Kier molecular flexibility index (Phi) is 2.61. The van der Waals surface area contributed by atoms with Crippen LogP contribution in [0, 0.1) is 0 Å². The Hall–Kier alpha value is -1.38. The van der Waals surface area contributed by atoms with Gasteiger partial charge in [0.05, 0.1) is 5.69 Å². The first-order valence-corrected chi connectivity index (χ1v) is 5.96. The molecule has 1 aliphatic heterocycles. The Bertz CT molecular complexity index is 532. The Morgan fingerprint density at radius 1 is 0.941 bits per heavy atom. The average molecular weight is 266 g/mol. The van der Waals surface area contributed by atoms with Crippen LogP contribution in [0.2, 0.25) is 10.0 Å². The summed E-state index contributed by atoms with van der Waals surface area (Å²) < 4.78 is 5.71. The molecule has 4 heteroatoms. The molecule has 1 aliphatic rings. The monoisotopic (exact) mass is 265 g/mol. The molecule has 2 nitrogen and oxygen atoms in total. The van der Waals surface area contributed by atoms with Gasteiger partial charge in [0.25, 0.3) is 0 Å². The highest BCUT2D eigenvalue weighted by Gasteiger charge is 2.13. The molecule has 0 spiro atoms. The molecule has 17 heavy (non-hydrogen) atoms. The van der Waals surface area contributed by atoms with E-state index in [1.807, 2.05) is 36.4 Å². The molecule has 0 atom stereocenters. The smallest absolute Gasteiger partial charge is 0.143 e. The summed E-state index contributed by atoms with van der Waals surface area (Å²) in [5.41, 5.74) is 2.89. The molecule has 0 unspecified atom stereocenters. The highest BCUT2D eigenvalue weighted by molar-refractivity contribution is 6.31. The van der Waals surface area contributed by atoms with E-state index < -0.39 is 0 Å². The van der Waals surface area contributed by atoms with Crippen LogP contribution in [0.25, 0.3) is 0 Å². The molecule has 0 bridgehead atoms. The molecule has 0 radical (unpaired) electrons. The number of nitrogens with one attached hydrogen (secondary N) is 1. The van der Waals surface area contributed by atoms with Gasteiger partial charge >= 0.3 is 0 Å². The molecule has 0 saturated carbocycles. The fraction of sp³-hybridized carbons (Fsp3) is 0.0769. The maximum absolute atomic E-state index is 5.98. The van der Waals surface area contributed by atoms with E-state index in [9.17, 15) is 0 Å². The van der Waals surface area contributed by atoms with Crippen LogP contribution in [0.4, 0.5) is 11.4 Å². The maximum Gasteiger partial charge on any atom is 0.143 e. The van der Waals surface area contributed by atoms with Gasteiger partial charge in [0, 0.05) is 21.3 Å². The molecule has 0 saturated heterocycles. The summed E-state index contributed by atoms with van der Waals surface area (Å²) in [6.45, 7) is 0.522. The summed E-state index contributed by atoms with van der Waals surface area (Å²) >= 11 is 11.9. The zero-order valence-corrected chi connectivity index (χ0v) is 10.3. The SMILES string of the molecule is Clc1ccc2c(c1)Nc1cc(Cl)ccc1OC2. The van der Waals surface area contributed by atoms with E-state index >= 15 is 0 Å². The van der Waals surface area contributed by atoms with Gasteiger partial charge in [-0.15, -0.1) is 0 Å². The van der Waals surface area contributed by atoms with E-state index in [0.717, 1.165) is 22.7 Å². The van der Waals surface area contributed by atoms with Crippen molar-refractivity contribution in [2.45, 2.75) is 6.61 Å². The van der Waals surface area contributed by atoms with Crippen LogP contribution in [0.1, 0.15) is 5.56 Å². The highest BCUT2D eigenvalue weighted by atomic mass is 35.5. The highest BCUT2D eigenvalue weighted by Crippen LogP contribution is 2.36. The van der Waals surface area contributed by atoms with Gasteiger partial charge in [-0.05, 0) is 30.3 Å². The Balaban J connectivity index is 2.10. The third-order valence-corrected chi connectivity index (χ3v) is 3.14. The van der Waals surface area contributed by atoms with Gasteiger partial charge in [-0.2, -0.15) is 0 Å². The topological polar surface area (TPSA) is 21.3 Å². The third-order valence-electron chi connectivity index (χ3n) is 2.67. The molecular formula is C13H9Cl2NO. The minimum Gasteiger partial charge on any atom is -0.487 e. The van der Waals surface area contributed by atoms with Gasteiger partial charge in [0.15, 0.2) is 0 Å². The van der Waals surface area contributed by atoms with Gasteiger partial charge in [-0.3, -0.25) is 0 Å². The van der Waals surface area contributed by atoms with Crippen LogP contribution in [0.3, 0.4) is 0 Å². The zero-order chi connectivity index (χ0) is 11.8. The molecular weight excluding hydrogens is 257 g/mol. The summed E-state index contributed by atoms with van der Waals surface area (Å²) in [7, 11) is 0. The number of benzene rings is 2. The van der Waals surface area contributed by atoms with Crippen molar-refractivity contribution in [3.63, 3.8) is 0 Å². The second kappa shape index (κ2) is 4.13. The molecule has 0 amide bonds. The molecule has 1 N–H and O–H groups in total. The first kappa shape index (κ1) is 10.8. The summed E-state index contributed by atoms with van der Waals surface area (Å²) in [5.74, 6) is 0.793. The second-order valence-electron chi connectivity index (χ2n) is 3.86. The zero-order valence-electron chi connectivity index (χ0n) is 8.84. The van der Waals surface area contributed by atoms with Gasteiger partial charge in [-0.25, -0.2) is 0 Å². The molecule has 0 aromatic heterocycles. The van der Waals surface area contributed by atoms with Crippen molar-refractivity contribution in [2.24, 2.45) is 0 Å². The minimum atomic E-state index is 0.522. The number of hydrogen-bond donors (Lipinski definition) is 1. The van der Waals surface area contributed by atoms with Crippen LogP contribution >= 0.6 is 23.2 Å². The van der Waals surface area contributed by atoms with Crippen LogP contribution in [0.15, 0.2) is 36.4 Å². The van der Waals surface area contributed by atoms with Crippen molar-refractivity contribution in [3.05, 3.63) is 52.0 Å². The third kappa shape index (κ3) is 2.06. The molecule has 86 valence electrons. The summed E-state index contributed by atoms with van der Waals surface area (Å²) in [5, 5.41) is 4.66. The van der Waals surface area contributed by atoms with Crippen molar-refractivity contribution >= 4 is 34.6 Å². The van der Waals surface area contributed by atoms with Crippen molar-refractivity contribution in [1.29, 1.82) is 0 Å². The van der Waals surface area contributed by atoms with E-state index in [0.29, 0.717) is 16.7 Å². The van der Waals surface area contributed by atoms with Crippen LogP contribution in [-0.4, -0.2) is 0 Å². The van der Waals surface area contributed by atoms with Gasteiger partial charge in [-0.1, -0.05) is 29.3 Å². The quantitative estimate of drug-likeness (QED) is 0.750. The number of rotatable bonds is 0. The van der Waals surface area contributed by atoms with E-state index in [2.05, 4.69) is 5.32 Å². The van der Waals surface area contributed by atoms with Crippen LogP contribution in [0.5, 0.6) is 5.75 Å². The molecule has 2 aromatic carbocycles. The number of fused-ring (bicyclic) bond motifs is 2. The Morgan fingerprint density at radius 3 is 2.47 bits per heavy atom. The van der Waals surface area contributed by atoms with E-state index in [1.165, 1.54) is 0 Å². The lowest BCUT2D eigenvalue weighted by Crippen LogP contribution is -1.93. The summed E-state index contributed by atoms with van der Waals surface area (Å²) in [6, 6.07) is 11.2. The molecule has 1 heterocycles. The maximum atomic E-state index is 5.98. The minimum absolute atomic E-state index is 0.522. The fourth-order valence-electron chi connectivity index (χ4n) is 1.82. The first-order chi connectivity index (χ1) is 8.22. The fourth-order valence-corrected chi connectivity index (χ4v) is 2.16. The number of halogens is 2. The van der Waals surface area contributed by atoms with Gasteiger partial charge < -0.3 is 10.1 Å². The van der Waals surface area contributed by atoms with E-state index in [1.54, 1.807) is 0 Å². The first-order valence-electron chi connectivity index (χ1n) is 5.20. The predicted molar refractivity (Wildman–Crippen MR) is 70.5 cm³/mol. The van der Waals surface area contributed by atoms with Crippen LogP contribution < -0.4 is 10.1 Å². The number of ether oxygens (including phenoxy) is 1. The lowest BCUT2D eigenvalue weighted by Gasteiger charge is -2.08. The lowest BCUT2D eigenvalue weighted by atomic mass is 10.2. The summed E-state index contributed by atoms with van der Waals surface area (Å²) in [4.78, 5) is 0. The molecule has 2 aromatic rings. The second-order valence-corrected chi connectivity index (χ2v) is 4.73. The summed E-state index contributed by atoms with van der Waals surface area (Å²) in [6.07, 6.45) is 0. The largest absolute Gasteiger partial charge is 0.487 e. The van der Waals surface area contributed by atoms with Crippen molar-refractivity contribution in [2.75, 3.05) is 5.32 Å². The average Bonchev–Trinajstić information content (AvgIpc) is 2.46. The number of hydrogen-bond acceptors (Lipinski definition) is 2. The normalized spacial score (nSPS) is 12.8. The molecule has 0 aliphatic carbocycles. The van der Waals surface area contributed by atoms with Crippen molar-refractivity contribution < 1.29 is 4.74 Å². The Morgan fingerprint density at radius 2 is 1.65 bits per heavy atom. The van der Waals surface area contributed by atoms with Crippen molar-refractivity contribution in [3.8, 4) is 5.75 Å². The molecule has 3 rings (SSSR count). The van der Waals surface area contributed by atoms with Crippen LogP contribution in [-0.2, 0) is 6.61 Å². The number of anilines is 2. The lowest BCUT2D eigenvalue weighted by molar-refractivity contribution is 0.311. The standard InChI is InChI=1S/C13H9Cl2NO/c14-9-2-1-8-7-17-13-4-3-10(15)6-12(13)16-11(8)5-9/h1-6,16H,7H2. The van der Waals surface area contributed by atoms with E-state index in [-0.39, 0.29) is 0 Å². The molecule has 0 fully saturated rings. The van der Waals surface area contributed by atoms with Gasteiger partial charge in [0.1, 0.15) is 12.4 Å². The van der Waals surface area contributed by atoms with Crippen molar-refractivity contribution in [1.82, 2.24) is 0 Å². The Labute approximate surface area is 109 Å². The van der Waals surface area contributed by atoms with Gasteiger partial charge in [0.2, 0.25) is 0 Å². The van der Waals surface area contributed by atoms with E-state index in [4.69, 9.17) is 27.9 Å². The predicted octanol–water partition coefficient (Wildman–Crippen LogP) is 4.63.